The van der Waals surface area contributed by atoms with Crippen LogP contribution in [0.25, 0.3) is 0 Å². The van der Waals surface area contributed by atoms with Gasteiger partial charge in [-0.25, -0.2) is 4.99 Å². The molecule has 1 aromatic rings. The van der Waals surface area contributed by atoms with Crippen LogP contribution in [0.1, 0.15) is 19.4 Å². The number of ketones is 2. The number of ether oxygens (including phenoxy) is 1. The number of carbonyl (C=O) groups excluding carboxylic acids is 3. The van der Waals surface area contributed by atoms with Crippen LogP contribution in [0.2, 0.25) is 0 Å². The molecule has 0 spiro atoms. The molecule has 0 aromatic heterocycles. The third-order valence-electron chi connectivity index (χ3n) is 3.70. The van der Waals surface area contributed by atoms with E-state index >= 15 is 0 Å². The molecule has 2 aliphatic rings. The summed E-state index contributed by atoms with van der Waals surface area (Å²) < 4.78 is 5.31. The van der Waals surface area contributed by atoms with E-state index in [1.54, 1.807) is 18.2 Å². The summed E-state index contributed by atoms with van der Waals surface area (Å²) >= 11 is 0. The lowest BCUT2D eigenvalue weighted by Gasteiger charge is -2.13. The lowest BCUT2D eigenvalue weighted by Crippen LogP contribution is -2.26. The van der Waals surface area contributed by atoms with Gasteiger partial charge in [0.15, 0.2) is 17.4 Å². The molecule has 136 valence electrons. The van der Waals surface area contributed by atoms with Crippen LogP contribution in [-0.4, -0.2) is 42.0 Å². The third-order valence-corrected chi connectivity index (χ3v) is 3.70. The molecule has 1 aromatic carbocycles. The predicted molar refractivity (Wildman–Crippen MR) is 97.3 cm³/mol. The van der Waals surface area contributed by atoms with E-state index in [1.807, 2.05) is 0 Å². The van der Waals surface area contributed by atoms with Crippen molar-refractivity contribution in [1.82, 2.24) is 0 Å². The van der Waals surface area contributed by atoms with Crippen LogP contribution in [-0.2, 0) is 14.4 Å². The van der Waals surface area contributed by atoms with Gasteiger partial charge in [0.2, 0.25) is 11.5 Å². The van der Waals surface area contributed by atoms with Crippen molar-refractivity contribution in [3.8, 4) is 5.75 Å². The maximum Gasteiger partial charge on any atom is 0.303 e. The number of benzene rings is 1. The van der Waals surface area contributed by atoms with E-state index in [0.29, 0.717) is 17.0 Å². The minimum atomic E-state index is -0.601. The summed E-state index contributed by atoms with van der Waals surface area (Å²) in [5.41, 5.74) is 0.978. The molecule has 0 unspecified atom stereocenters. The summed E-state index contributed by atoms with van der Waals surface area (Å²) in [7, 11) is 1.47. The van der Waals surface area contributed by atoms with E-state index in [-0.39, 0.29) is 34.5 Å². The van der Waals surface area contributed by atoms with Crippen molar-refractivity contribution in [3.63, 3.8) is 0 Å². The summed E-state index contributed by atoms with van der Waals surface area (Å²) in [4.78, 5) is 43.2. The quantitative estimate of drug-likeness (QED) is 0.464. The number of carbonyl (C=O) groups is 3. The van der Waals surface area contributed by atoms with Crippen molar-refractivity contribution in [1.29, 1.82) is 0 Å². The van der Waals surface area contributed by atoms with E-state index in [2.05, 4.69) is 30.7 Å². The van der Waals surface area contributed by atoms with E-state index in [4.69, 9.17) is 4.74 Å². The maximum absolute atomic E-state index is 12.0. The topological polar surface area (TPSA) is 134 Å². The number of methoxy groups -OCH3 is 1. The average molecular weight is 366 g/mol. The Bertz CT molecular complexity index is 1000. The first kappa shape index (κ1) is 18.0. The molecule has 10 nitrogen and oxygen atoms in total. The van der Waals surface area contributed by atoms with Crippen LogP contribution in [0, 0.1) is 0 Å². The van der Waals surface area contributed by atoms with Crippen LogP contribution in [0.5, 0.6) is 5.75 Å². The molecule has 0 bridgehead atoms. The molecular formula is C17H14N6O4. The zero-order valence-electron chi connectivity index (χ0n) is 14.7. The highest BCUT2D eigenvalue weighted by Crippen LogP contribution is 2.26. The molecule has 0 fully saturated rings. The fraction of sp³-hybridized carbons (Fsp3) is 0.176. The Labute approximate surface area is 153 Å². The number of hydrogen-bond acceptors (Lipinski definition) is 9. The minimum absolute atomic E-state index is 0.0116. The molecule has 1 N–H and O–H groups in total. The fourth-order valence-electron chi connectivity index (χ4n) is 2.39. The molecule has 0 saturated carbocycles. The molecule has 1 amide bonds. The summed E-state index contributed by atoms with van der Waals surface area (Å²) in [5, 5.41) is 13.6. The van der Waals surface area contributed by atoms with Crippen LogP contribution in [0.3, 0.4) is 0 Å². The van der Waals surface area contributed by atoms with Gasteiger partial charge >= 0.3 is 5.91 Å². The van der Waals surface area contributed by atoms with Gasteiger partial charge in [0.25, 0.3) is 0 Å². The number of hydrogen-bond donors (Lipinski definition) is 1. The highest BCUT2D eigenvalue weighted by Gasteiger charge is 2.29. The zero-order chi connectivity index (χ0) is 19.6. The lowest BCUT2D eigenvalue weighted by molar-refractivity contribution is -0.119. The number of nitrogens with one attached hydrogen (secondary N) is 1. The summed E-state index contributed by atoms with van der Waals surface area (Å²) in [6, 6.07) is 4.94. The second kappa shape index (κ2) is 7.20. The largest absolute Gasteiger partial charge is 0.496 e. The molecule has 0 atom stereocenters. The predicted octanol–water partition coefficient (Wildman–Crippen LogP) is 1.68. The van der Waals surface area contributed by atoms with Crippen LogP contribution in [0.4, 0.5) is 5.69 Å². The molecule has 0 aliphatic carbocycles. The molecule has 3 rings (SSSR count). The number of nitrogens with zero attached hydrogens (tertiary/aromatic N) is 5. The number of amidine groups is 2. The van der Waals surface area contributed by atoms with E-state index in [9.17, 15) is 14.4 Å². The van der Waals surface area contributed by atoms with E-state index in [1.165, 1.54) is 27.2 Å². The van der Waals surface area contributed by atoms with Crippen molar-refractivity contribution in [3.05, 3.63) is 35.5 Å². The number of allylic oxidation sites excluding steroid dienone is 1. The van der Waals surface area contributed by atoms with Gasteiger partial charge in [-0.3, -0.25) is 14.4 Å². The maximum atomic E-state index is 12.0. The highest BCUT2D eigenvalue weighted by molar-refractivity contribution is 6.69. The number of aliphatic imine (C=N–C) groups is 2. The Morgan fingerprint density at radius 1 is 1.11 bits per heavy atom. The minimum Gasteiger partial charge on any atom is -0.496 e. The Balaban J connectivity index is 1.98. The Hall–Kier alpha value is -3.82. The SMILES string of the molecule is COc1ccc(NC=C(C(C)=O)C(C)=O)cc1C1=NC(=O)C2=NN=NC2=N1. The Morgan fingerprint density at radius 2 is 1.85 bits per heavy atom. The summed E-state index contributed by atoms with van der Waals surface area (Å²) in [5.74, 6) is -0.699. The molecule has 2 aliphatic heterocycles. The molecule has 27 heavy (non-hydrogen) atoms. The molecule has 2 heterocycles. The van der Waals surface area contributed by atoms with Crippen molar-refractivity contribution in [2.45, 2.75) is 13.8 Å². The first-order chi connectivity index (χ1) is 12.9. The van der Waals surface area contributed by atoms with Gasteiger partial charge in [-0.2, -0.15) is 4.99 Å². The first-order valence-corrected chi connectivity index (χ1v) is 7.78. The second-order valence-corrected chi connectivity index (χ2v) is 5.54. The Morgan fingerprint density at radius 3 is 2.52 bits per heavy atom. The van der Waals surface area contributed by atoms with Crippen LogP contribution < -0.4 is 10.1 Å². The van der Waals surface area contributed by atoms with Crippen LogP contribution >= 0.6 is 0 Å². The number of anilines is 1. The monoisotopic (exact) mass is 366 g/mol. The van der Waals surface area contributed by atoms with Crippen LogP contribution in [0.15, 0.2) is 55.4 Å². The Kier molecular flexibility index (Phi) is 4.79. The van der Waals surface area contributed by atoms with Gasteiger partial charge in [0.05, 0.1) is 18.2 Å². The molecular weight excluding hydrogens is 352 g/mol. The zero-order valence-corrected chi connectivity index (χ0v) is 14.7. The smallest absolute Gasteiger partial charge is 0.303 e. The number of Topliss-reactive ketones (excluding diaryl/α,β-unsaturated/α-hetero) is 2. The summed E-state index contributed by atoms with van der Waals surface area (Å²) in [6.07, 6.45) is 1.33. The third kappa shape index (κ3) is 3.59. The lowest BCUT2D eigenvalue weighted by atomic mass is 10.1. The van der Waals surface area contributed by atoms with Crippen molar-refractivity contribution >= 4 is 40.5 Å². The van der Waals surface area contributed by atoms with E-state index in [0.717, 1.165) is 0 Å². The normalized spacial score (nSPS) is 14.6. The van der Waals surface area contributed by atoms with Gasteiger partial charge in [-0.05, 0) is 37.3 Å². The van der Waals surface area contributed by atoms with Gasteiger partial charge < -0.3 is 10.1 Å². The van der Waals surface area contributed by atoms with Gasteiger partial charge in [-0.15, -0.1) is 10.2 Å². The second-order valence-electron chi connectivity index (χ2n) is 5.54. The van der Waals surface area contributed by atoms with Crippen molar-refractivity contribution < 1.29 is 19.1 Å². The van der Waals surface area contributed by atoms with Gasteiger partial charge in [0.1, 0.15) is 5.75 Å². The van der Waals surface area contributed by atoms with Gasteiger partial charge in [0, 0.05) is 11.9 Å². The van der Waals surface area contributed by atoms with Crippen molar-refractivity contribution in [2.75, 3.05) is 12.4 Å². The van der Waals surface area contributed by atoms with Gasteiger partial charge in [-0.1, -0.05) is 0 Å². The highest BCUT2D eigenvalue weighted by atomic mass is 16.5. The van der Waals surface area contributed by atoms with Crippen molar-refractivity contribution in [2.24, 2.45) is 25.4 Å². The number of amides is 1. The summed E-state index contributed by atoms with van der Waals surface area (Å²) in [6.45, 7) is 2.62. The molecule has 0 saturated heterocycles. The van der Waals surface area contributed by atoms with E-state index < -0.39 is 5.91 Å². The number of rotatable bonds is 6. The number of fused-ring (bicyclic) bond motifs is 1. The molecule has 0 radical (unpaired) electrons. The standard InChI is InChI=1S/C17H14N6O4/c1-8(24)12(9(2)25)7-18-10-4-5-13(27-3)11(6-10)15-19-16-14(17(26)20-15)21-23-22-16/h4-7,18H,1-3H3. The average Bonchev–Trinajstić information content (AvgIpc) is 3.10. The first-order valence-electron chi connectivity index (χ1n) is 7.78. The molecule has 10 heteroatoms. The fourth-order valence-corrected chi connectivity index (χ4v) is 2.39.